The highest BCUT2D eigenvalue weighted by Gasteiger charge is 2.07. The molecule has 0 aliphatic heterocycles. The number of thiocarbonyl (C=S) groups is 2. The van der Waals surface area contributed by atoms with Crippen molar-refractivity contribution in [3.63, 3.8) is 0 Å². The van der Waals surface area contributed by atoms with Gasteiger partial charge in [-0.15, -0.1) is 0 Å². The SMILES string of the molecule is CCCCCCCCCCCCCCCCCCCCCCN(CCCCCCCCCCCCCCCCCCCCCC)C(O)=S.NC(O)=S. The van der Waals surface area contributed by atoms with E-state index in [1.165, 1.54) is 257 Å². The van der Waals surface area contributed by atoms with Gasteiger partial charge in [0.1, 0.15) is 0 Å². The Balaban J connectivity index is 0. The Morgan fingerprint density at radius 1 is 0.327 bits per heavy atom. The minimum Gasteiger partial charge on any atom is -0.487 e. The molecule has 0 rings (SSSR count). The molecule has 4 nitrogen and oxygen atoms in total. The van der Waals surface area contributed by atoms with Gasteiger partial charge in [0.25, 0.3) is 10.3 Å². The Kier molecular flexibility index (Phi) is 49.8. The van der Waals surface area contributed by atoms with Crippen molar-refractivity contribution in [1.82, 2.24) is 4.90 Å². The Hall–Kier alpha value is -0.620. The van der Waals surface area contributed by atoms with E-state index in [1.807, 2.05) is 0 Å². The maximum atomic E-state index is 9.99. The Morgan fingerprint density at radius 2 is 0.462 bits per heavy atom. The molecule has 0 unspecified atom stereocenters. The molecule has 0 bridgehead atoms. The highest BCUT2D eigenvalue weighted by molar-refractivity contribution is 7.80. The molecule has 0 heterocycles. The van der Waals surface area contributed by atoms with Gasteiger partial charge in [0.2, 0.25) is 0 Å². The van der Waals surface area contributed by atoms with Crippen LogP contribution in [0.3, 0.4) is 0 Å². The normalized spacial score (nSPS) is 11.0. The van der Waals surface area contributed by atoms with Gasteiger partial charge in [-0.3, -0.25) is 0 Å². The molecule has 0 spiro atoms. The average Bonchev–Trinajstić information content (AvgIpc) is 3.12. The summed E-state index contributed by atoms with van der Waals surface area (Å²) < 4.78 is 0. The van der Waals surface area contributed by atoms with Crippen molar-refractivity contribution in [2.75, 3.05) is 13.1 Å². The molecule has 0 aliphatic carbocycles. The van der Waals surface area contributed by atoms with Crippen molar-refractivity contribution in [3.8, 4) is 0 Å². The summed E-state index contributed by atoms with van der Waals surface area (Å²) in [6, 6.07) is 0. The minimum atomic E-state index is -0.500. The van der Waals surface area contributed by atoms with E-state index >= 15 is 0 Å². The lowest BCUT2D eigenvalue weighted by Gasteiger charge is -2.21. The van der Waals surface area contributed by atoms with Crippen molar-refractivity contribution in [2.24, 2.45) is 5.73 Å². The maximum Gasteiger partial charge on any atom is 0.256 e. The van der Waals surface area contributed by atoms with Crippen LogP contribution in [0.1, 0.15) is 271 Å². The second kappa shape index (κ2) is 48.4. The van der Waals surface area contributed by atoms with Crippen molar-refractivity contribution in [1.29, 1.82) is 0 Å². The van der Waals surface area contributed by atoms with Crippen LogP contribution in [-0.2, 0) is 0 Å². The van der Waals surface area contributed by atoms with E-state index in [2.05, 4.69) is 36.7 Å². The predicted octanol–water partition coefficient (Wildman–Crippen LogP) is 16.6. The maximum absolute atomic E-state index is 9.99. The molecule has 0 radical (unpaired) electrons. The lowest BCUT2D eigenvalue weighted by Crippen LogP contribution is -2.31. The molecule has 0 aliphatic rings. The van der Waals surface area contributed by atoms with Gasteiger partial charge in [-0.2, -0.15) is 0 Å². The summed E-state index contributed by atoms with van der Waals surface area (Å²) in [4.78, 5) is 2.05. The Labute approximate surface area is 338 Å². The van der Waals surface area contributed by atoms with E-state index in [0.717, 1.165) is 13.1 Å². The van der Waals surface area contributed by atoms with Crippen LogP contribution in [-0.4, -0.2) is 38.6 Å². The summed E-state index contributed by atoms with van der Waals surface area (Å²) in [5.74, 6) is 0. The van der Waals surface area contributed by atoms with Gasteiger partial charge in [0.15, 0.2) is 0 Å². The molecule has 0 saturated heterocycles. The first-order chi connectivity index (χ1) is 25.5. The minimum absolute atomic E-state index is 0.116. The van der Waals surface area contributed by atoms with Gasteiger partial charge >= 0.3 is 0 Å². The van der Waals surface area contributed by atoms with Crippen molar-refractivity contribution >= 4 is 34.8 Å². The van der Waals surface area contributed by atoms with Crippen molar-refractivity contribution < 1.29 is 10.2 Å². The van der Waals surface area contributed by atoms with E-state index in [1.54, 1.807) is 0 Å². The third-order valence-electron chi connectivity index (χ3n) is 10.8. The lowest BCUT2D eigenvalue weighted by atomic mass is 10.0. The third kappa shape index (κ3) is 51.5. The summed E-state index contributed by atoms with van der Waals surface area (Å²) >= 11 is 9.02. The molecule has 0 aromatic heterocycles. The van der Waals surface area contributed by atoms with E-state index in [0.29, 0.717) is 0 Å². The number of hydrogen-bond acceptors (Lipinski definition) is 2. The number of unbranched alkanes of at least 4 members (excludes halogenated alkanes) is 38. The Bertz CT molecular complexity index is 645. The fourth-order valence-corrected chi connectivity index (χ4v) is 7.60. The van der Waals surface area contributed by atoms with Crippen LogP contribution >= 0.6 is 24.4 Å². The van der Waals surface area contributed by atoms with E-state index in [-0.39, 0.29) is 5.17 Å². The van der Waals surface area contributed by atoms with Crippen molar-refractivity contribution in [3.05, 3.63) is 0 Å². The third-order valence-corrected chi connectivity index (χ3v) is 11.1. The molecule has 4 N–H and O–H groups in total. The smallest absolute Gasteiger partial charge is 0.256 e. The number of aliphatic hydroxyl groups is 2. The van der Waals surface area contributed by atoms with Gasteiger partial charge < -0.3 is 20.8 Å². The number of nitrogens with zero attached hydrogens (tertiary/aromatic N) is 1. The molecular formula is C46H94N2O2S2. The van der Waals surface area contributed by atoms with Gasteiger partial charge in [0.05, 0.1) is 0 Å². The summed E-state index contributed by atoms with van der Waals surface area (Å²) in [6.07, 6.45) is 56.5. The first-order valence-electron chi connectivity index (χ1n) is 23.4. The summed E-state index contributed by atoms with van der Waals surface area (Å²) in [5, 5.41) is 17.2. The van der Waals surface area contributed by atoms with E-state index < -0.39 is 5.17 Å². The quantitative estimate of drug-likeness (QED) is 0.0424. The van der Waals surface area contributed by atoms with Crippen LogP contribution in [0.5, 0.6) is 0 Å². The van der Waals surface area contributed by atoms with Crippen LogP contribution in [0, 0.1) is 0 Å². The fourth-order valence-electron chi connectivity index (χ4n) is 7.42. The van der Waals surface area contributed by atoms with Crippen LogP contribution < -0.4 is 5.73 Å². The highest BCUT2D eigenvalue weighted by Crippen LogP contribution is 2.17. The molecular weight excluding hydrogens is 677 g/mol. The zero-order valence-electron chi connectivity index (χ0n) is 35.4. The van der Waals surface area contributed by atoms with Gasteiger partial charge in [0, 0.05) is 13.1 Å². The molecule has 0 atom stereocenters. The molecule has 0 fully saturated rings. The Morgan fingerprint density at radius 3 is 0.596 bits per heavy atom. The molecule has 0 saturated carbocycles. The van der Waals surface area contributed by atoms with Crippen LogP contribution in [0.2, 0.25) is 0 Å². The summed E-state index contributed by atoms with van der Waals surface area (Å²) in [7, 11) is 0. The van der Waals surface area contributed by atoms with E-state index in [4.69, 9.17) is 17.3 Å². The largest absolute Gasteiger partial charge is 0.487 e. The van der Waals surface area contributed by atoms with E-state index in [9.17, 15) is 5.11 Å². The van der Waals surface area contributed by atoms with Gasteiger partial charge in [-0.05, 0) is 37.3 Å². The molecule has 0 aromatic carbocycles. The summed E-state index contributed by atoms with van der Waals surface area (Å²) in [5.41, 5.74) is 4.40. The average molecular weight is 771 g/mol. The van der Waals surface area contributed by atoms with Crippen LogP contribution in [0.15, 0.2) is 0 Å². The molecule has 312 valence electrons. The standard InChI is InChI=1S/C45H91NOS.CH3NOS/c1-3-5-7-9-11-13-15-17-19-21-23-25-27-29-31-33-35-37-39-41-43-46(45(47)48)44-42-40-38-36-34-32-30-28-26-24-22-20-18-16-14-12-10-8-6-4-2;2-1(3)4/h3-44H2,1-2H3,(H,47,48);(H3,2,3,4). The fraction of sp³-hybridized carbons (Fsp3) is 0.957. The zero-order chi connectivity index (χ0) is 38.4. The second-order valence-corrected chi connectivity index (χ2v) is 16.8. The summed E-state index contributed by atoms with van der Waals surface area (Å²) in [6.45, 7) is 6.48. The predicted molar refractivity (Wildman–Crippen MR) is 242 cm³/mol. The first-order valence-corrected chi connectivity index (χ1v) is 24.2. The highest BCUT2D eigenvalue weighted by atomic mass is 32.1. The number of rotatable bonds is 42. The molecule has 6 heteroatoms. The number of hydrogen-bond donors (Lipinski definition) is 3. The molecule has 0 aromatic rings. The lowest BCUT2D eigenvalue weighted by molar-refractivity contribution is 0.326. The first kappa shape index (κ1) is 53.5. The monoisotopic (exact) mass is 771 g/mol. The second-order valence-electron chi connectivity index (χ2n) is 16.0. The number of nitrogens with two attached hydrogens (primary N) is 1. The molecule has 52 heavy (non-hydrogen) atoms. The van der Waals surface area contributed by atoms with Gasteiger partial charge in [-0.25, -0.2) is 0 Å². The van der Waals surface area contributed by atoms with Crippen LogP contribution in [0.4, 0.5) is 0 Å². The zero-order valence-corrected chi connectivity index (χ0v) is 37.1. The van der Waals surface area contributed by atoms with Crippen molar-refractivity contribution in [2.45, 2.75) is 271 Å². The number of aliphatic hydroxyl groups excluding tert-OH is 2. The topological polar surface area (TPSA) is 69.7 Å². The molecule has 0 amide bonds. The van der Waals surface area contributed by atoms with Gasteiger partial charge in [-0.1, -0.05) is 258 Å². The van der Waals surface area contributed by atoms with Crippen LogP contribution in [0.25, 0.3) is 0 Å².